The van der Waals surface area contributed by atoms with E-state index in [4.69, 9.17) is 5.11 Å². The molecule has 2 N–H and O–H groups in total. The molecule has 0 spiro atoms. The van der Waals surface area contributed by atoms with Crippen LogP contribution in [0.2, 0.25) is 0 Å². The van der Waals surface area contributed by atoms with Crippen LogP contribution in [0, 0.1) is 17.7 Å². The monoisotopic (exact) mass is 299 g/mol. The molecule has 1 rings (SSSR count). The lowest BCUT2D eigenvalue weighted by Crippen LogP contribution is -2.26. The highest BCUT2D eigenvalue weighted by molar-refractivity contribution is 7.89. The van der Waals surface area contributed by atoms with E-state index < -0.39 is 15.8 Å². The lowest BCUT2D eigenvalue weighted by molar-refractivity contribution is 0.350. The van der Waals surface area contributed by atoms with Gasteiger partial charge in [-0.05, 0) is 24.6 Å². The molecule has 0 aliphatic heterocycles. The molecule has 1 aromatic carbocycles. The van der Waals surface area contributed by atoms with Gasteiger partial charge in [-0.1, -0.05) is 25.2 Å². The summed E-state index contributed by atoms with van der Waals surface area (Å²) in [4.78, 5) is 0. The lowest BCUT2D eigenvalue weighted by atomic mass is 10.1. The number of aliphatic hydroxyl groups excluding tert-OH is 1. The molecule has 0 unspecified atom stereocenters. The molecule has 0 bridgehead atoms. The van der Waals surface area contributed by atoms with Gasteiger partial charge in [0.1, 0.15) is 12.4 Å². The van der Waals surface area contributed by atoms with Crippen molar-refractivity contribution in [2.24, 2.45) is 0 Å². The third-order valence-corrected chi connectivity index (χ3v) is 4.02. The number of hydrogen-bond acceptors (Lipinski definition) is 3. The lowest BCUT2D eigenvalue weighted by Gasteiger charge is -2.07. The molecule has 20 heavy (non-hydrogen) atoms. The molecule has 4 nitrogen and oxygen atoms in total. The molecular weight excluding hydrogens is 281 g/mol. The van der Waals surface area contributed by atoms with Gasteiger partial charge >= 0.3 is 0 Å². The largest absolute Gasteiger partial charge is 0.384 e. The molecule has 0 aliphatic rings. The Morgan fingerprint density at radius 3 is 2.80 bits per heavy atom. The van der Waals surface area contributed by atoms with Crippen LogP contribution in [0.3, 0.4) is 0 Å². The van der Waals surface area contributed by atoms with Crippen LogP contribution in [0.1, 0.15) is 30.9 Å². The molecule has 110 valence electrons. The molecule has 1 aromatic rings. The Labute approximate surface area is 119 Å². The van der Waals surface area contributed by atoms with E-state index in [0.717, 1.165) is 6.42 Å². The number of hydrogen-bond donors (Lipinski definition) is 2. The summed E-state index contributed by atoms with van der Waals surface area (Å²) in [5, 5.41) is 8.60. The minimum Gasteiger partial charge on any atom is -0.384 e. The fourth-order valence-corrected chi connectivity index (χ4v) is 2.71. The van der Waals surface area contributed by atoms with E-state index in [0.29, 0.717) is 12.0 Å². The standard InChI is InChI=1S/C14H18FNO3S/c1-2-3-9-20(18,19)16-11-13-10-12(5-4-8-17)6-7-14(13)15/h6-7,10,16-17H,2-3,8-9,11H2,1H3. The van der Waals surface area contributed by atoms with E-state index in [-0.39, 0.29) is 24.5 Å². The van der Waals surface area contributed by atoms with E-state index in [1.807, 2.05) is 6.92 Å². The van der Waals surface area contributed by atoms with Crippen molar-refractivity contribution in [2.45, 2.75) is 26.3 Å². The summed E-state index contributed by atoms with van der Waals surface area (Å²) in [7, 11) is -3.38. The second-order valence-corrected chi connectivity index (χ2v) is 6.19. The van der Waals surface area contributed by atoms with E-state index in [9.17, 15) is 12.8 Å². The number of benzene rings is 1. The highest BCUT2D eigenvalue weighted by Crippen LogP contribution is 2.10. The number of unbranched alkanes of at least 4 members (excludes halogenated alkanes) is 1. The van der Waals surface area contributed by atoms with Crippen LogP contribution in [0.5, 0.6) is 0 Å². The molecule has 0 aliphatic carbocycles. The average molecular weight is 299 g/mol. The predicted octanol–water partition coefficient (Wildman–Crippen LogP) is 1.39. The summed E-state index contributed by atoms with van der Waals surface area (Å²) in [6.45, 7) is 1.52. The van der Waals surface area contributed by atoms with Crippen molar-refractivity contribution >= 4 is 10.0 Å². The predicted molar refractivity (Wildman–Crippen MR) is 75.9 cm³/mol. The van der Waals surface area contributed by atoms with Gasteiger partial charge in [0.25, 0.3) is 0 Å². The normalized spacial score (nSPS) is 10.9. The molecule has 0 atom stereocenters. The Hall–Kier alpha value is -1.42. The van der Waals surface area contributed by atoms with Crippen molar-refractivity contribution in [2.75, 3.05) is 12.4 Å². The van der Waals surface area contributed by atoms with Crippen LogP contribution in [-0.4, -0.2) is 25.9 Å². The highest BCUT2D eigenvalue weighted by atomic mass is 32.2. The topological polar surface area (TPSA) is 66.4 Å². The number of sulfonamides is 1. The zero-order valence-electron chi connectivity index (χ0n) is 11.3. The molecule has 0 radical (unpaired) electrons. The van der Waals surface area contributed by atoms with Crippen LogP contribution in [0.4, 0.5) is 4.39 Å². The minimum absolute atomic E-state index is 0.0368. The van der Waals surface area contributed by atoms with E-state index in [2.05, 4.69) is 16.6 Å². The summed E-state index contributed by atoms with van der Waals surface area (Å²) >= 11 is 0. The summed E-state index contributed by atoms with van der Waals surface area (Å²) in [5.74, 6) is 4.65. The number of nitrogens with one attached hydrogen (secondary N) is 1. The number of halogens is 1. The van der Waals surface area contributed by atoms with E-state index >= 15 is 0 Å². The summed E-state index contributed by atoms with van der Waals surface area (Å²) in [5.41, 5.74) is 0.762. The first-order valence-corrected chi connectivity index (χ1v) is 7.99. The molecule has 0 fully saturated rings. The van der Waals surface area contributed by atoms with E-state index in [1.54, 1.807) is 0 Å². The van der Waals surface area contributed by atoms with Crippen molar-refractivity contribution in [3.05, 3.63) is 35.1 Å². The second kappa shape index (κ2) is 8.00. The zero-order chi connectivity index (χ0) is 15.0. The Bertz CT molecular complexity index is 603. The van der Waals surface area contributed by atoms with E-state index in [1.165, 1.54) is 18.2 Å². The fourth-order valence-electron chi connectivity index (χ4n) is 1.52. The number of aliphatic hydroxyl groups is 1. The molecule has 6 heteroatoms. The van der Waals surface area contributed by atoms with Gasteiger partial charge in [0, 0.05) is 17.7 Å². The molecule has 0 amide bonds. The quantitative estimate of drug-likeness (QED) is 0.780. The molecule has 0 saturated heterocycles. The molecule has 0 heterocycles. The van der Waals surface area contributed by atoms with Gasteiger partial charge < -0.3 is 5.11 Å². The third kappa shape index (κ3) is 5.70. The smallest absolute Gasteiger partial charge is 0.211 e. The summed E-state index contributed by atoms with van der Waals surface area (Å²) in [6, 6.07) is 4.18. The summed E-state index contributed by atoms with van der Waals surface area (Å²) < 4.78 is 39.2. The van der Waals surface area contributed by atoms with Crippen LogP contribution in [0.15, 0.2) is 18.2 Å². The Kier molecular flexibility index (Phi) is 6.65. The highest BCUT2D eigenvalue weighted by Gasteiger charge is 2.11. The molecule has 0 aromatic heterocycles. The Balaban J connectivity index is 2.77. The van der Waals surface area contributed by atoms with Crippen molar-refractivity contribution < 1.29 is 17.9 Å². The molecular formula is C14H18FNO3S. The molecule has 0 saturated carbocycles. The van der Waals surface area contributed by atoms with Gasteiger partial charge in [-0.3, -0.25) is 0 Å². The van der Waals surface area contributed by atoms with Crippen molar-refractivity contribution in [1.82, 2.24) is 4.72 Å². The third-order valence-electron chi connectivity index (χ3n) is 2.61. The van der Waals surface area contributed by atoms with Gasteiger partial charge in [0.05, 0.1) is 5.75 Å². The van der Waals surface area contributed by atoms with Gasteiger partial charge in [-0.15, -0.1) is 0 Å². The maximum absolute atomic E-state index is 13.6. The van der Waals surface area contributed by atoms with Gasteiger partial charge in [-0.2, -0.15) is 0 Å². The van der Waals surface area contributed by atoms with Crippen LogP contribution in [0.25, 0.3) is 0 Å². The fraction of sp³-hybridized carbons (Fsp3) is 0.429. The first kappa shape index (κ1) is 16.6. The van der Waals surface area contributed by atoms with Crippen LogP contribution >= 0.6 is 0 Å². The second-order valence-electron chi connectivity index (χ2n) is 4.26. The van der Waals surface area contributed by atoms with Gasteiger partial charge in [0.15, 0.2) is 0 Å². The maximum atomic E-state index is 13.6. The Morgan fingerprint density at radius 2 is 2.15 bits per heavy atom. The van der Waals surface area contributed by atoms with Crippen molar-refractivity contribution in [3.8, 4) is 11.8 Å². The van der Waals surface area contributed by atoms with Gasteiger partial charge in [0.2, 0.25) is 10.0 Å². The van der Waals surface area contributed by atoms with Crippen molar-refractivity contribution in [3.63, 3.8) is 0 Å². The maximum Gasteiger partial charge on any atom is 0.211 e. The minimum atomic E-state index is -3.38. The van der Waals surface area contributed by atoms with Crippen molar-refractivity contribution in [1.29, 1.82) is 0 Å². The average Bonchev–Trinajstić information content (AvgIpc) is 2.43. The Morgan fingerprint density at radius 1 is 1.40 bits per heavy atom. The SMILES string of the molecule is CCCCS(=O)(=O)NCc1cc(C#CCO)ccc1F. The van der Waals surface area contributed by atoms with Crippen LogP contribution in [-0.2, 0) is 16.6 Å². The first-order valence-electron chi connectivity index (χ1n) is 6.34. The number of rotatable bonds is 6. The van der Waals surface area contributed by atoms with Crippen LogP contribution < -0.4 is 4.72 Å². The summed E-state index contributed by atoms with van der Waals surface area (Å²) in [6.07, 6.45) is 1.35. The first-order chi connectivity index (χ1) is 9.48. The van der Waals surface area contributed by atoms with Gasteiger partial charge in [-0.25, -0.2) is 17.5 Å². The zero-order valence-corrected chi connectivity index (χ0v) is 12.1.